The number of urea groups is 1. The van der Waals surface area contributed by atoms with Gasteiger partial charge in [0.05, 0.1) is 15.2 Å². The molecule has 0 heterocycles. The second kappa shape index (κ2) is 7.32. The van der Waals surface area contributed by atoms with Crippen LogP contribution in [0, 0.1) is 0 Å². The molecule has 1 aromatic carbocycles. The van der Waals surface area contributed by atoms with Gasteiger partial charge in [-0.25, -0.2) is 9.59 Å². The molecule has 104 valence electrons. The Morgan fingerprint density at radius 3 is 2.68 bits per heavy atom. The monoisotopic (exact) mass is 350 g/mol. The van der Waals surface area contributed by atoms with Crippen molar-refractivity contribution in [1.29, 1.82) is 0 Å². The number of anilines is 1. The van der Waals surface area contributed by atoms with Crippen molar-refractivity contribution in [1.82, 2.24) is 5.32 Å². The summed E-state index contributed by atoms with van der Waals surface area (Å²) in [6.45, 7) is -0.335. The fourth-order valence-electron chi connectivity index (χ4n) is 1.30. The van der Waals surface area contributed by atoms with E-state index in [0.29, 0.717) is 15.2 Å². The molecular formula is C11H12BrClN2O4. The average molecular weight is 352 g/mol. The van der Waals surface area contributed by atoms with Gasteiger partial charge in [0.25, 0.3) is 0 Å². The van der Waals surface area contributed by atoms with E-state index in [1.165, 1.54) is 0 Å². The van der Waals surface area contributed by atoms with Crippen LogP contribution < -0.4 is 10.6 Å². The molecule has 1 aromatic rings. The third-order valence-electron chi connectivity index (χ3n) is 2.22. The Morgan fingerprint density at radius 1 is 1.42 bits per heavy atom. The van der Waals surface area contributed by atoms with Crippen molar-refractivity contribution in [3.63, 3.8) is 0 Å². The molecule has 0 saturated carbocycles. The summed E-state index contributed by atoms with van der Waals surface area (Å²) in [6, 6.07) is 3.05. The van der Waals surface area contributed by atoms with Gasteiger partial charge in [-0.05, 0) is 28.1 Å². The highest BCUT2D eigenvalue weighted by atomic mass is 79.9. The van der Waals surface area contributed by atoms with Crippen LogP contribution in [0.15, 0.2) is 22.7 Å². The first-order valence-electron chi connectivity index (χ1n) is 5.31. The number of carbonyl (C=O) groups excluding carboxylic acids is 1. The zero-order chi connectivity index (χ0) is 14.4. The van der Waals surface area contributed by atoms with Crippen molar-refractivity contribution in [2.75, 3.05) is 11.9 Å². The Bertz CT molecular complexity index is 484. The molecule has 0 aliphatic heterocycles. The van der Waals surface area contributed by atoms with E-state index in [-0.39, 0.29) is 13.0 Å². The number of aliphatic hydroxyl groups excluding tert-OH is 1. The third kappa shape index (κ3) is 4.70. The van der Waals surface area contributed by atoms with E-state index >= 15 is 0 Å². The van der Waals surface area contributed by atoms with Gasteiger partial charge >= 0.3 is 12.0 Å². The number of amides is 2. The van der Waals surface area contributed by atoms with Gasteiger partial charge in [0.15, 0.2) is 0 Å². The van der Waals surface area contributed by atoms with Crippen LogP contribution in [-0.4, -0.2) is 34.9 Å². The predicted molar refractivity (Wildman–Crippen MR) is 74.4 cm³/mol. The number of rotatable bonds is 5. The molecule has 1 rings (SSSR count). The summed E-state index contributed by atoms with van der Waals surface area (Å²) in [6.07, 6.45) is -0.0700. The van der Waals surface area contributed by atoms with E-state index in [0.717, 1.165) is 0 Å². The molecule has 0 saturated heterocycles. The van der Waals surface area contributed by atoms with Gasteiger partial charge in [-0.3, -0.25) is 0 Å². The summed E-state index contributed by atoms with van der Waals surface area (Å²) >= 11 is 9.06. The Morgan fingerprint density at radius 2 is 2.11 bits per heavy atom. The topological polar surface area (TPSA) is 98.7 Å². The van der Waals surface area contributed by atoms with E-state index in [4.69, 9.17) is 21.8 Å². The largest absolute Gasteiger partial charge is 0.480 e. The van der Waals surface area contributed by atoms with E-state index < -0.39 is 18.0 Å². The lowest BCUT2D eigenvalue weighted by Crippen LogP contribution is -2.43. The van der Waals surface area contributed by atoms with Crippen molar-refractivity contribution in [3.8, 4) is 0 Å². The average Bonchev–Trinajstić information content (AvgIpc) is 2.34. The summed E-state index contributed by atoms with van der Waals surface area (Å²) in [5.74, 6) is -1.21. The van der Waals surface area contributed by atoms with Crippen molar-refractivity contribution in [2.24, 2.45) is 0 Å². The highest BCUT2D eigenvalue weighted by Gasteiger charge is 2.19. The van der Waals surface area contributed by atoms with Crippen molar-refractivity contribution < 1.29 is 19.8 Å². The minimum Gasteiger partial charge on any atom is -0.480 e. The van der Waals surface area contributed by atoms with Crippen molar-refractivity contribution >= 4 is 45.2 Å². The highest BCUT2D eigenvalue weighted by Crippen LogP contribution is 2.29. The number of halogens is 2. The zero-order valence-corrected chi connectivity index (χ0v) is 12.0. The molecule has 1 atom stereocenters. The summed E-state index contributed by atoms with van der Waals surface area (Å²) in [4.78, 5) is 22.4. The number of aliphatic carboxylic acids is 1. The fraction of sp³-hybridized carbons (Fsp3) is 0.273. The first kappa shape index (κ1) is 15.7. The molecule has 4 N–H and O–H groups in total. The van der Waals surface area contributed by atoms with Gasteiger partial charge in [-0.1, -0.05) is 17.7 Å². The molecule has 6 nitrogen and oxygen atoms in total. The maximum atomic E-state index is 11.6. The molecule has 19 heavy (non-hydrogen) atoms. The normalized spacial score (nSPS) is 11.7. The number of hydrogen-bond donors (Lipinski definition) is 4. The molecule has 0 aliphatic carbocycles. The Labute approximate surface area is 122 Å². The molecule has 0 bridgehead atoms. The molecule has 0 aromatic heterocycles. The van der Waals surface area contributed by atoms with Gasteiger partial charge in [0.2, 0.25) is 0 Å². The molecule has 2 amide bonds. The van der Waals surface area contributed by atoms with E-state index in [1.54, 1.807) is 18.2 Å². The maximum Gasteiger partial charge on any atom is 0.326 e. The van der Waals surface area contributed by atoms with Crippen LogP contribution in [0.1, 0.15) is 6.42 Å². The molecule has 0 aliphatic rings. The van der Waals surface area contributed by atoms with Crippen molar-refractivity contribution in [3.05, 3.63) is 27.7 Å². The Balaban J connectivity index is 2.69. The Kier molecular flexibility index (Phi) is 6.07. The number of hydrogen-bond acceptors (Lipinski definition) is 3. The van der Waals surface area contributed by atoms with Gasteiger partial charge in [0, 0.05) is 13.0 Å². The zero-order valence-electron chi connectivity index (χ0n) is 9.69. The van der Waals surface area contributed by atoms with Crippen LogP contribution in [-0.2, 0) is 4.79 Å². The number of aliphatic hydroxyl groups is 1. The fourth-order valence-corrected chi connectivity index (χ4v) is 1.84. The molecule has 0 radical (unpaired) electrons. The lowest BCUT2D eigenvalue weighted by molar-refractivity contribution is -0.139. The SMILES string of the molecule is O=C(Nc1cccc(Cl)c1Br)NC(CCO)C(=O)O. The Hall–Kier alpha value is -1.31. The van der Waals surface area contributed by atoms with Crippen LogP contribution in [0.5, 0.6) is 0 Å². The number of nitrogens with one attached hydrogen (secondary N) is 2. The molecule has 0 fully saturated rings. The van der Waals surface area contributed by atoms with Gasteiger partial charge in [0.1, 0.15) is 6.04 Å². The van der Waals surface area contributed by atoms with Crippen LogP contribution in [0.3, 0.4) is 0 Å². The number of carboxylic acid groups (broad SMARTS) is 1. The predicted octanol–water partition coefficient (Wildman–Crippen LogP) is 2.06. The second-order valence-corrected chi connectivity index (χ2v) is 4.80. The first-order valence-corrected chi connectivity index (χ1v) is 6.48. The summed E-state index contributed by atoms with van der Waals surface area (Å²) in [5.41, 5.74) is 0.415. The van der Waals surface area contributed by atoms with Crippen LogP contribution in [0.4, 0.5) is 10.5 Å². The van der Waals surface area contributed by atoms with Crippen LogP contribution >= 0.6 is 27.5 Å². The number of carboxylic acids is 1. The maximum absolute atomic E-state index is 11.6. The number of carbonyl (C=O) groups is 2. The standard InChI is InChI=1S/C11H12BrClN2O4/c12-9-6(13)2-1-3-7(9)14-11(19)15-8(4-5-16)10(17)18/h1-3,8,16H,4-5H2,(H,17,18)(H2,14,15,19). The number of benzene rings is 1. The van der Waals surface area contributed by atoms with E-state index in [1.807, 2.05) is 0 Å². The first-order chi connectivity index (χ1) is 8.95. The second-order valence-electron chi connectivity index (χ2n) is 3.60. The minimum atomic E-state index is -1.21. The minimum absolute atomic E-state index is 0.0700. The summed E-state index contributed by atoms with van der Waals surface area (Å²) < 4.78 is 0.501. The lowest BCUT2D eigenvalue weighted by atomic mass is 10.2. The van der Waals surface area contributed by atoms with Gasteiger partial charge in [-0.2, -0.15) is 0 Å². The molecule has 8 heteroatoms. The summed E-state index contributed by atoms with van der Waals surface area (Å²) in [5, 5.41) is 22.7. The van der Waals surface area contributed by atoms with Crippen LogP contribution in [0.2, 0.25) is 5.02 Å². The van der Waals surface area contributed by atoms with Crippen LogP contribution in [0.25, 0.3) is 0 Å². The lowest BCUT2D eigenvalue weighted by Gasteiger charge is -2.14. The van der Waals surface area contributed by atoms with E-state index in [9.17, 15) is 9.59 Å². The summed E-state index contributed by atoms with van der Waals surface area (Å²) in [7, 11) is 0. The smallest absolute Gasteiger partial charge is 0.326 e. The molecule has 1 unspecified atom stereocenters. The van der Waals surface area contributed by atoms with Crippen molar-refractivity contribution in [2.45, 2.75) is 12.5 Å². The highest BCUT2D eigenvalue weighted by molar-refractivity contribution is 9.10. The molecular weight excluding hydrogens is 339 g/mol. The van der Waals surface area contributed by atoms with Gasteiger partial charge in [-0.15, -0.1) is 0 Å². The third-order valence-corrected chi connectivity index (χ3v) is 3.62. The van der Waals surface area contributed by atoms with E-state index in [2.05, 4.69) is 26.6 Å². The van der Waals surface area contributed by atoms with Gasteiger partial charge < -0.3 is 20.8 Å². The molecule has 0 spiro atoms. The quantitative estimate of drug-likeness (QED) is 0.652.